The lowest BCUT2D eigenvalue weighted by Gasteiger charge is -2.47. The molecule has 2 heterocycles. The van der Waals surface area contributed by atoms with Gasteiger partial charge in [0, 0.05) is 12.0 Å². The highest BCUT2D eigenvalue weighted by molar-refractivity contribution is 5.76. The first-order chi connectivity index (χ1) is 14.1. The van der Waals surface area contributed by atoms with Gasteiger partial charge in [0.05, 0.1) is 13.2 Å². The first kappa shape index (κ1) is 21.9. The Kier molecular flexibility index (Phi) is 8.20. The van der Waals surface area contributed by atoms with Crippen LogP contribution in [0.1, 0.15) is 44.5 Å². The standard InChI is InChI=1S/C22H31NO6/c1-3-5-7-12-17(24)23-18-19(25)20-16(28-22(18)26-13-4-2)14-27-21(29-20)15-10-8-6-9-11-15/h4,6,8-11,16,18-22,25H,2-3,5,7,12-14H2,1H3,(H,23,24)/t16-,18-,19-,20-,21?,22-/m1/s1. The average Bonchev–Trinajstić information content (AvgIpc) is 2.75. The number of fused-ring (bicyclic) bond motifs is 1. The fourth-order valence-corrected chi connectivity index (χ4v) is 3.62. The number of ether oxygens (including phenoxy) is 4. The van der Waals surface area contributed by atoms with Crippen LogP contribution in [0.5, 0.6) is 0 Å². The van der Waals surface area contributed by atoms with Crippen LogP contribution < -0.4 is 5.32 Å². The summed E-state index contributed by atoms with van der Waals surface area (Å²) in [7, 11) is 0. The van der Waals surface area contributed by atoms with Gasteiger partial charge in [-0.1, -0.05) is 56.2 Å². The highest BCUT2D eigenvalue weighted by Gasteiger charge is 2.50. The van der Waals surface area contributed by atoms with Crippen molar-refractivity contribution < 1.29 is 28.8 Å². The summed E-state index contributed by atoms with van der Waals surface area (Å²) in [6.07, 6.45) is 1.29. The van der Waals surface area contributed by atoms with E-state index in [-0.39, 0.29) is 19.1 Å². The molecule has 0 aliphatic carbocycles. The molecular formula is C22H31NO6. The number of amides is 1. The van der Waals surface area contributed by atoms with Crippen LogP contribution in [0.2, 0.25) is 0 Å². The number of nitrogens with one attached hydrogen (secondary N) is 1. The number of benzene rings is 1. The van der Waals surface area contributed by atoms with Gasteiger partial charge in [0.2, 0.25) is 5.91 Å². The van der Waals surface area contributed by atoms with Gasteiger partial charge in [-0.3, -0.25) is 4.79 Å². The van der Waals surface area contributed by atoms with Crippen LogP contribution in [-0.4, -0.2) is 54.9 Å². The van der Waals surface area contributed by atoms with Gasteiger partial charge < -0.3 is 29.4 Å². The zero-order valence-electron chi connectivity index (χ0n) is 16.9. The third-order valence-electron chi connectivity index (χ3n) is 5.15. The van der Waals surface area contributed by atoms with E-state index in [2.05, 4.69) is 18.8 Å². The molecule has 1 aromatic carbocycles. The van der Waals surface area contributed by atoms with Gasteiger partial charge in [-0.15, -0.1) is 6.58 Å². The number of unbranched alkanes of at least 4 members (excludes halogenated alkanes) is 2. The molecule has 3 rings (SSSR count). The minimum atomic E-state index is -0.992. The molecule has 2 saturated heterocycles. The van der Waals surface area contributed by atoms with E-state index in [1.54, 1.807) is 6.08 Å². The van der Waals surface area contributed by atoms with Crippen LogP contribution in [-0.2, 0) is 23.7 Å². The van der Waals surface area contributed by atoms with Crippen molar-refractivity contribution in [2.45, 2.75) is 69.5 Å². The SMILES string of the molecule is C=CCO[C@@H]1O[C@@H]2COC(c3ccccc3)O[C@H]2[C@H](O)[C@H]1NC(=O)CCCCC. The molecule has 6 atom stereocenters. The lowest BCUT2D eigenvalue weighted by Crippen LogP contribution is -2.66. The van der Waals surface area contributed by atoms with Crippen LogP contribution in [0.15, 0.2) is 43.0 Å². The van der Waals surface area contributed by atoms with Crippen molar-refractivity contribution in [1.82, 2.24) is 5.32 Å². The van der Waals surface area contributed by atoms with E-state index in [0.29, 0.717) is 6.42 Å². The molecular weight excluding hydrogens is 374 g/mol. The minimum Gasteiger partial charge on any atom is -0.388 e. The molecule has 1 amide bonds. The average molecular weight is 405 g/mol. The number of carbonyl (C=O) groups is 1. The lowest BCUT2D eigenvalue weighted by molar-refractivity contribution is -0.343. The van der Waals surface area contributed by atoms with E-state index < -0.39 is 36.9 Å². The molecule has 0 saturated carbocycles. The maximum Gasteiger partial charge on any atom is 0.220 e. The molecule has 0 bridgehead atoms. The van der Waals surface area contributed by atoms with E-state index >= 15 is 0 Å². The molecule has 2 fully saturated rings. The number of carbonyl (C=O) groups excluding carboxylic acids is 1. The fraction of sp³-hybridized carbons (Fsp3) is 0.591. The Morgan fingerprint density at radius 1 is 1.31 bits per heavy atom. The second-order valence-corrected chi connectivity index (χ2v) is 7.38. The number of hydrogen-bond acceptors (Lipinski definition) is 6. The van der Waals surface area contributed by atoms with E-state index in [1.165, 1.54) is 0 Å². The summed E-state index contributed by atoms with van der Waals surface area (Å²) in [5.74, 6) is -0.136. The Morgan fingerprint density at radius 3 is 2.83 bits per heavy atom. The van der Waals surface area contributed by atoms with Crippen molar-refractivity contribution in [3.63, 3.8) is 0 Å². The number of rotatable bonds is 9. The monoisotopic (exact) mass is 405 g/mol. The molecule has 0 radical (unpaired) electrons. The Morgan fingerprint density at radius 2 is 2.10 bits per heavy atom. The Labute approximate surface area is 172 Å². The van der Waals surface area contributed by atoms with Crippen LogP contribution >= 0.6 is 0 Å². The molecule has 2 aliphatic rings. The minimum absolute atomic E-state index is 0.136. The maximum absolute atomic E-state index is 12.4. The smallest absolute Gasteiger partial charge is 0.220 e. The summed E-state index contributed by atoms with van der Waals surface area (Å²) in [6.45, 7) is 6.23. The normalized spacial score (nSPS) is 31.7. The van der Waals surface area contributed by atoms with Crippen molar-refractivity contribution in [1.29, 1.82) is 0 Å². The van der Waals surface area contributed by atoms with Crippen LogP contribution in [0, 0.1) is 0 Å². The van der Waals surface area contributed by atoms with Crippen molar-refractivity contribution in [2.75, 3.05) is 13.2 Å². The third-order valence-corrected chi connectivity index (χ3v) is 5.15. The summed E-state index contributed by atoms with van der Waals surface area (Å²) in [6, 6.07) is 8.80. The van der Waals surface area contributed by atoms with Gasteiger partial charge in [0.15, 0.2) is 12.6 Å². The van der Waals surface area contributed by atoms with Gasteiger partial charge in [0.25, 0.3) is 0 Å². The predicted octanol–water partition coefficient (Wildman–Crippen LogP) is 2.45. The summed E-state index contributed by atoms with van der Waals surface area (Å²) in [5.41, 5.74) is 0.864. The Bertz CT molecular complexity index is 654. The molecule has 1 unspecified atom stereocenters. The van der Waals surface area contributed by atoms with Gasteiger partial charge >= 0.3 is 0 Å². The van der Waals surface area contributed by atoms with E-state index in [9.17, 15) is 9.90 Å². The van der Waals surface area contributed by atoms with E-state index in [1.807, 2.05) is 30.3 Å². The number of hydrogen-bond donors (Lipinski definition) is 2. The largest absolute Gasteiger partial charge is 0.388 e. The third kappa shape index (κ3) is 5.65. The second kappa shape index (κ2) is 10.8. The van der Waals surface area contributed by atoms with Gasteiger partial charge in [-0.05, 0) is 6.42 Å². The fourth-order valence-electron chi connectivity index (χ4n) is 3.62. The Hall–Kier alpha value is -1.77. The van der Waals surface area contributed by atoms with E-state index in [0.717, 1.165) is 24.8 Å². The van der Waals surface area contributed by atoms with Gasteiger partial charge in [-0.25, -0.2) is 0 Å². The summed E-state index contributed by atoms with van der Waals surface area (Å²) in [5, 5.41) is 13.9. The molecule has 7 nitrogen and oxygen atoms in total. The number of aliphatic hydroxyl groups is 1. The molecule has 0 spiro atoms. The molecule has 160 valence electrons. The highest BCUT2D eigenvalue weighted by atomic mass is 16.7. The zero-order chi connectivity index (χ0) is 20.6. The molecule has 7 heteroatoms. The van der Waals surface area contributed by atoms with Crippen molar-refractivity contribution >= 4 is 5.91 Å². The van der Waals surface area contributed by atoms with Crippen LogP contribution in [0.25, 0.3) is 0 Å². The lowest BCUT2D eigenvalue weighted by atomic mass is 9.95. The molecule has 29 heavy (non-hydrogen) atoms. The van der Waals surface area contributed by atoms with Crippen molar-refractivity contribution in [3.05, 3.63) is 48.6 Å². The first-order valence-electron chi connectivity index (χ1n) is 10.3. The van der Waals surface area contributed by atoms with E-state index in [4.69, 9.17) is 18.9 Å². The quantitative estimate of drug-likeness (QED) is 0.485. The zero-order valence-corrected chi connectivity index (χ0v) is 16.9. The highest BCUT2D eigenvalue weighted by Crippen LogP contribution is 2.34. The maximum atomic E-state index is 12.4. The topological polar surface area (TPSA) is 86.2 Å². The Balaban J connectivity index is 1.69. The molecule has 0 aromatic heterocycles. The van der Waals surface area contributed by atoms with Crippen molar-refractivity contribution in [2.24, 2.45) is 0 Å². The first-order valence-corrected chi connectivity index (χ1v) is 10.3. The predicted molar refractivity (Wildman–Crippen MR) is 107 cm³/mol. The summed E-state index contributed by atoms with van der Waals surface area (Å²) < 4.78 is 23.5. The summed E-state index contributed by atoms with van der Waals surface area (Å²) in [4.78, 5) is 12.4. The van der Waals surface area contributed by atoms with Gasteiger partial charge in [-0.2, -0.15) is 0 Å². The van der Waals surface area contributed by atoms with Crippen LogP contribution in [0.4, 0.5) is 0 Å². The second-order valence-electron chi connectivity index (χ2n) is 7.38. The molecule has 2 N–H and O–H groups in total. The molecule has 1 aromatic rings. The summed E-state index contributed by atoms with van der Waals surface area (Å²) >= 11 is 0. The van der Waals surface area contributed by atoms with Gasteiger partial charge in [0.1, 0.15) is 24.4 Å². The van der Waals surface area contributed by atoms with Crippen LogP contribution in [0.3, 0.4) is 0 Å². The number of aliphatic hydroxyl groups excluding tert-OH is 1. The molecule has 2 aliphatic heterocycles. The van der Waals surface area contributed by atoms with Crippen molar-refractivity contribution in [3.8, 4) is 0 Å².